The van der Waals surface area contributed by atoms with Gasteiger partial charge in [0.15, 0.2) is 11.9 Å². The summed E-state index contributed by atoms with van der Waals surface area (Å²) in [4.78, 5) is 24.4. The first-order chi connectivity index (χ1) is 10.4. The maximum absolute atomic E-state index is 12.3. The number of carbonyl (C=O) groups excluding carboxylic acids is 1. The van der Waals surface area contributed by atoms with Crippen molar-refractivity contribution in [2.45, 2.75) is 31.9 Å². The molecule has 128 valence electrons. The molecule has 0 radical (unpaired) electrons. The van der Waals surface area contributed by atoms with Crippen LogP contribution in [0.1, 0.15) is 19.8 Å². The van der Waals surface area contributed by atoms with Crippen molar-refractivity contribution in [3.63, 3.8) is 0 Å². The zero-order valence-corrected chi connectivity index (χ0v) is 14.2. The predicted molar refractivity (Wildman–Crippen MR) is 89.2 cm³/mol. The van der Waals surface area contributed by atoms with E-state index < -0.39 is 11.0 Å². The maximum atomic E-state index is 12.3. The van der Waals surface area contributed by atoms with Crippen molar-refractivity contribution in [2.75, 3.05) is 13.1 Å². The summed E-state index contributed by atoms with van der Waals surface area (Å²) in [6.07, 6.45) is 0.688. The number of halogens is 2. The van der Waals surface area contributed by atoms with Gasteiger partial charge in [0, 0.05) is 30.2 Å². The lowest BCUT2D eigenvalue weighted by molar-refractivity contribution is -0.386. The first-order valence-corrected chi connectivity index (χ1v) is 7.41. The van der Waals surface area contributed by atoms with Crippen LogP contribution in [0.5, 0.6) is 5.75 Å². The number of nitrogens with two attached hydrogens (primary N) is 1. The highest BCUT2D eigenvalue weighted by molar-refractivity contribution is 6.30. The first kappa shape index (κ1) is 19.5. The number of ether oxygens (including phenoxy) is 1. The monoisotopic (exact) mass is 363 g/mol. The number of benzene rings is 1. The van der Waals surface area contributed by atoms with E-state index in [1.54, 1.807) is 11.8 Å². The fraction of sp³-hybridized carbons (Fsp3) is 0.500. The summed E-state index contributed by atoms with van der Waals surface area (Å²) in [6, 6.07) is 4.21. The van der Waals surface area contributed by atoms with Gasteiger partial charge in [-0.05, 0) is 31.9 Å². The molecular weight excluding hydrogens is 345 g/mol. The molecule has 1 aromatic rings. The second-order valence-electron chi connectivity index (χ2n) is 5.29. The van der Waals surface area contributed by atoms with Crippen LogP contribution in [0, 0.1) is 10.1 Å². The average molecular weight is 364 g/mol. The van der Waals surface area contributed by atoms with Gasteiger partial charge in [0.25, 0.3) is 5.91 Å². The number of nitrogens with zero attached hydrogens (tertiary/aromatic N) is 2. The van der Waals surface area contributed by atoms with Crippen LogP contribution < -0.4 is 10.5 Å². The Morgan fingerprint density at radius 3 is 2.65 bits per heavy atom. The molecule has 1 atom stereocenters. The van der Waals surface area contributed by atoms with Crippen LogP contribution in [0.2, 0.25) is 5.02 Å². The number of likely N-dealkylation sites (tertiary alicyclic amines) is 1. The molecule has 0 bridgehead atoms. The molecule has 1 aliphatic rings. The van der Waals surface area contributed by atoms with Gasteiger partial charge in [-0.1, -0.05) is 11.6 Å². The van der Waals surface area contributed by atoms with Gasteiger partial charge in [0.2, 0.25) is 0 Å². The molecule has 23 heavy (non-hydrogen) atoms. The molecule has 1 aromatic carbocycles. The lowest BCUT2D eigenvalue weighted by atomic mass is 10.1. The lowest BCUT2D eigenvalue weighted by Crippen LogP contribution is -2.47. The molecule has 0 spiro atoms. The van der Waals surface area contributed by atoms with E-state index in [-0.39, 0.29) is 40.8 Å². The Bertz CT molecular complexity index is 577. The van der Waals surface area contributed by atoms with Crippen molar-refractivity contribution < 1.29 is 14.5 Å². The van der Waals surface area contributed by atoms with E-state index in [2.05, 4.69) is 0 Å². The van der Waals surface area contributed by atoms with Crippen molar-refractivity contribution in [1.82, 2.24) is 4.90 Å². The van der Waals surface area contributed by atoms with Gasteiger partial charge in [-0.3, -0.25) is 14.9 Å². The lowest BCUT2D eigenvalue weighted by Gasteiger charge is -2.32. The van der Waals surface area contributed by atoms with Gasteiger partial charge in [-0.25, -0.2) is 0 Å². The summed E-state index contributed by atoms with van der Waals surface area (Å²) < 4.78 is 5.48. The van der Waals surface area contributed by atoms with Crippen molar-refractivity contribution >= 4 is 35.6 Å². The molecule has 7 nitrogen and oxygen atoms in total. The van der Waals surface area contributed by atoms with Gasteiger partial charge in [0.1, 0.15) is 0 Å². The van der Waals surface area contributed by atoms with E-state index in [0.717, 1.165) is 12.8 Å². The number of carbonyl (C=O) groups is 1. The van der Waals surface area contributed by atoms with Crippen LogP contribution in [0.3, 0.4) is 0 Å². The molecule has 1 unspecified atom stereocenters. The molecule has 1 heterocycles. The largest absolute Gasteiger partial charge is 0.474 e. The first-order valence-electron chi connectivity index (χ1n) is 7.03. The van der Waals surface area contributed by atoms with Crippen LogP contribution in [0.4, 0.5) is 5.69 Å². The number of nitro groups is 1. The quantitative estimate of drug-likeness (QED) is 0.653. The standard InChI is InChI=1S/C14H18ClN3O4.ClH/c1-9(14(19)17-6-4-11(16)5-7-17)22-13-3-2-10(15)8-12(13)18(20)21;/h2-3,8-9,11H,4-7,16H2,1H3;1H. The number of amides is 1. The molecule has 0 aliphatic carbocycles. The zero-order chi connectivity index (χ0) is 16.3. The Kier molecular flexibility index (Phi) is 7.05. The number of piperidine rings is 1. The second-order valence-corrected chi connectivity index (χ2v) is 5.73. The SMILES string of the molecule is CC(Oc1ccc(Cl)cc1[N+](=O)[O-])C(=O)N1CCC(N)CC1.Cl. The van der Waals surface area contributed by atoms with Crippen LogP contribution in [-0.4, -0.2) is 41.0 Å². The Balaban J connectivity index is 0.00000264. The van der Waals surface area contributed by atoms with Crippen LogP contribution in [0.15, 0.2) is 18.2 Å². The number of rotatable bonds is 4. The second kappa shape index (κ2) is 8.33. The van der Waals surface area contributed by atoms with Crippen molar-refractivity contribution in [1.29, 1.82) is 0 Å². The van der Waals surface area contributed by atoms with E-state index in [0.29, 0.717) is 13.1 Å². The fourth-order valence-corrected chi connectivity index (χ4v) is 2.52. The molecule has 1 aliphatic heterocycles. The number of nitro benzene ring substituents is 1. The van der Waals surface area contributed by atoms with Crippen LogP contribution in [0.25, 0.3) is 0 Å². The number of hydrogen-bond donors (Lipinski definition) is 1. The van der Waals surface area contributed by atoms with E-state index in [1.165, 1.54) is 18.2 Å². The summed E-state index contributed by atoms with van der Waals surface area (Å²) in [5, 5.41) is 11.3. The molecule has 0 saturated carbocycles. The summed E-state index contributed by atoms with van der Waals surface area (Å²) in [7, 11) is 0. The summed E-state index contributed by atoms with van der Waals surface area (Å²) in [6.45, 7) is 2.74. The topological polar surface area (TPSA) is 98.7 Å². The molecule has 2 N–H and O–H groups in total. The zero-order valence-electron chi connectivity index (χ0n) is 12.6. The van der Waals surface area contributed by atoms with E-state index >= 15 is 0 Å². The smallest absolute Gasteiger partial charge is 0.312 e. The minimum atomic E-state index is -0.811. The van der Waals surface area contributed by atoms with Crippen molar-refractivity contribution in [3.8, 4) is 5.75 Å². The van der Waals surface area contributed by atoms with Gasteiger partial charge in [0.05, 0.1) is 4.92 Å². The molecule has 9 heteroatoms. The normalized spacial score (nSPS) is 16.4. The minimum Gasteiger partial charge on any atom is -0.474 e. The third-order valence-electron chi connectivity index (χ3n) is 3.62. The Morgan fingerprint density at radius 1 is 1.48 bits per heavy atom. The van der Waals surface area contributed by atoms with Gasteiger partial charge >= 0.3 is 5.69 Å². The van der Waals surface area contributed by atoms with Crippen LogP contribution in [-0.2, 0) is 4.79 Å². The van der Waals surface area contributed by atoms with E-state index in [1.807, 2.05) is 0 Å². The molecular formula is C14H19Cl2N3O4. The van der Waals surface area contributed by atoms with E-state index in [9.17, 15) is 14.9 Å². The number of hydrogen-bond acceptors (Lipinski definition) is 5. The molecule has 0 aromatic heterocycles. The fourth-order valence-electron chi connectivity index (χ4n) is 2.35. The van der Waals surface area contributed by atoms with E-state index in [4.69, 9.17) is 22.1 Å². The highest BCUT2D eigenvalue weighted by Crippen LogP contribution is 2.30. The highest BCUT2D eigenvalue weighted by Gasteiger charge is 2.27. The molecule has 2 rings (SSSR count). The van der Waals surface area contributed by atoms with Gasteiger partial charge in [-0.2, -0.15) is 0 Å². The van der Waals surface area contributed by atoms with Gasteiger partial charge in [-0.15, -0.1) is 12.4 Å². The Morgan fingerprint density at radius 2 is 2.09 bits per heavy atom. The van der Waals surface area contributed by atoms with Crippen LogP contribution >= 0.6 is 24.0 Å². The van der Waals surface area contributed by atoms with Gasteiger partial charge < -0.3 is 15.4 Å². The van der Waals surface area contributed by atoms with Crippen molar-refractivity contribution in [2.24, 2.45) is 5.73 Å². The summed E-state index contributed by atoms with van der Waals surface area (Å²) in [5.74, 6) is -0.167. The summed E-state index contributed by atoms with van der Waals surface area (Å²) >= 11 is 5.75. The molecule has 1 saturated heterocycles. The average Bonchev–Trinajstić information content (AvgIpc) is 2.48. The highest BCUT2D eigenvalue weighted by atomic mass is 35.5. The Labute approximate surface area is 145 Å². The summed E-state index contributed by atoms with van der Waals surface area (Å²) in [5.41, 5.74) is 5.55. The molecule has 1 amide bonds. The third kappa shape index (κ3) is 4.95. The maximum Gasteiger partial charge on any atom is 0.312 e. The third-order valence-corrected chi connectivity index (χ3v) is 3.86. The minimum absolute atomic E-state index is 0. The Hall–Kier alpha value is -1.57. The molecule has 1 fully saturated rings. The predicted octanol–water partition coefficient (Wildman–Crippen LogP) is 2.39. The van der Waals surface area contributed by atoms with Crippen molar-refractivity contribution in [3.05, 3.63) is 33.3 Å².